The number of ether oxygens (including phenoxy) is 1. The lowest BCUT2D eigenvalue weighted by Gasteiger charge is -2.14. The predicted molar refractivity (Wildman–Crippen MR) is 92.8 cm³/mol. The molecule has 1 atom stereocenters. The van der Waals surface area contributed by atoms with Crippen LogP contribution in [0.4, 0.5) is 20.0 Å². The van der Waals surface area contributed by atoms with Crippen molar-refractivity contribution in [2.45, 2.75) is 13.0 Å². The second kappa shape index (κ2) is 7.48. The van der Waals surface area contributed by atoms with Gasteiger partial charge in [0.05, 0.1) is 24.3 Å². The number of carbonyl (C=O) groups excluding carboxylic acids is 3. The summed E-state index contributed by atoms with van der Waals surface area (Å²) in [4.78, 5) is 40.1. The molecule has 26 heavy (non-hydrogen) atoms. The summed E-state index contributed by atoms with van der Waals surface area (Å²) in [5.41, 5.74) is 0.106. The molecule has 1 fully saturated rings. The van der Waals surface area contributed by atoms with Crippen LogP contribution < -0.4 is 15.5 Å². The Morgan fingerprint density at radius 2 is 2.27 bits per heavy atom. The third-order valence-electron chi connectivity index (χ3n) is 3.61. The van der Waals surface area contributed by atoms with E-state index in [0.717, 1.165) is 6.07 Å². The molecule has 136 valence electrons. The van der Waals surface area contributed by atoms with E-state index in [1.54, 1.807) is 5.38 Å². The normalized spacial score (nSPS) is 16.3. The number of cyclic esters (lactones) is 1. The fraction of sp³-hybridized carbons (Fsp3) is 0.250. The van der Waals surface area contributed by atoms with Crippen LogP contribution in [0, 0.1) is 5.82 Å². The van der Waals surface area contributed by atoms with Gasteiger partial charge in [0.2, 0.25) is 5.91 Å². The molecule has 0 saturated carbocycles. The minimum Gasteiger partial charge on any atom is -0.442 e. The molecule has 0 spiro atoms. The van der Waals surface area contributed by atoms with Crippen LogP contribution in [0.2, 0.25) is 0 Å². The van der Waals surface area contributed by atoms with Gasteiger partial charge in [0.1, 0.15) is 11.9 Å². The number of rotatable bonds is 5. The fourth-order valence-corrected chi connectivity index (χ4v) is 2.93. The van der Waals surface area contributed by atoms with Crippen molar-refractivity contribution in [2.75, 3.05) is 23.3 Å². The van der Waals surface area contributed by atoms with E-state index in [4.69, 9.17) is 4.74 Å². The van der Waals surface area contributed by atoms with Crippen LogP contribution in [0.25, 0.3) is 0 Å². The van der Waals surface area contributed by atoms with Crippen LogP contribution >= 0.6 is 11.3 Å². The maximum atomic E-state index is 14.3. The van der Waals surface area contributed by atoms with Gasteiger partial charge in [-0.3, -0.25) is 19.8 Å². The van der Waals surface area contributed by atoms with Gasteiger partial charge in [-0.05, 0) is 18.2 Å². The topological polar surface area (TPSA) is 101 Å². The van der Waals surface area contributed by atoms with Crippen molar-refractivity contribution in [3.8, 4) is 0 Å². The molecule has 1 aliphatic rings. The standard InChI is InChI=1S/C16H15FN4O4S/c1-9(22)19-7-11-8-21(16(24)25-11)10-2-3-12(13(17)6-10)14(23)20-15-18-4-5-26-15/h2-6,11H,7-8H2,1H3,(H,19,22)(H,18,20,23)/t11-/m0/s1. The van der Waals surface area contributed by atoms with E-state index in [-0.39, 0.29) is 30.2 Å². The van der Waals surface area contributed by atoms with E-state index in [1.165, 1.54) is 41.5 Å². The van der Waals surface area contributed by atoms with Gasteiger partial charge in [-0.15, -0.1) is 11.3 Å². The number of anilines is 2. The second-order valence-corrected chi connectivity index (χ2v) is 6.40. The van der Waals surface area contributed by atoms with Crippen molar-refractivity contribution in [3.05, 3.63) is 41.2 Å². The van der Waals surface area contributed by atoms with Gasteiger partial charge in [-0.2, -0.15) is 0 Å². The SMILES string of the molecule is CC(=O)NC[C@H]1CN(c2ccc(C(=O)Nc3nccs3)c(F)c2)C(=O)O1. The summed E-state index contributed by atoms with van der Waals surface area (Å²) in [7, 11) is 0. The van der Waals surface area contributed by atoms with Crippen molar-refractivity contribution in [1.82, 2.24) is 10.3 Å². The van der Waals surface area contributed by atoms with Crippen molar-refractivity contribution in [1.29, 1.82) is 0 Å². The molecule has 0 radical (unpaired) electrons. The highest BCUT2D eigenvalue weighted by Crippen LogP contribution is 2.24. The Morgan fingerprint density at radius 3 is 2.92 bits per heavy atom. The number of nitrogens with one attached hydrogen (secondary N) is 2. The van der Waals surface area contributed by atoms with Gasteiger partial charge in [0.15, 0.2) is 5.13 Å². The summed E-state index contributed by atoms with van der Waals surface area (Å²) < 4.78 is 19.5. The number of hydrogen-bond donors (Lipinski definition) is 2. The third kappa shape index (κ3) is 3.97. The molecule has 1 aromatic carbocycles. The number of thiazole rings is 1. The van der Waals surface area contributed by atoms with E-state index >= 15 is 0 Å². The van der Waals surface area contributed by atoms with Crippen LogP contribution in [0.15, 0.2) is 29.8 Å². The van der Waals surface area contributed by atoms with E-state index < -0.39 is 23.9 Å². The Kier molecular flexibility index (Phi) is 5.12. The lowest BCUT2D eigenvalue weighted by molar-refractivity contribution is -0.119. The van der Waals surface area contributed by atoms with Gasteiger partial charge in [0.25, 0.3) is 5.91 Å². The number of halogens is 1. The molecule has 3 amide bonds. The van der Waals surface area contributed by atoms with Crippen LogP contribution in [0.1, 0.15) is 17.3 Å². The first-order valence-electron chi connectivity index (χ1n) is 7.67. The number of carbonyl (C=O) groups is 3. The lowest BCUT2D eigenvalue weighted by Crippen LogP contribution is -2.33. The molecule has 0 bridgehead atoms. The van der Waals surface area contributed by atoms with Crippen LogP contribution in [-0.4, -0.2) is 42.1 Å². The van der Waals surface area contributed by atoms with Crippen molar-refractivity contribution in [2.24, 2.45) is 0 Å². The lowest BCUT2D eigenvalue weighted by atomic mass is 10.1. The maximum Gasteiger partial charge on any atom is 0.414 e. The maximum absolute atomic E-state index is 14.3. The minimum absolute atomic E-state index is 0.161. The molecule has 1 aliphatic heterocycles. The van der Waals surface area contributed by atoms with Crippen molar-refractivity contribution >= 4 is 40.1 Å². The zero-order valence-electron chi connectivity index (χ0n) is 13.7. The predicted octanol–water partition coefficient (Wildman–Crippen LogP) is 2.00. The smallest absolute Gasteiger partial charge is 0.414 e. The average molecular weight is 378 g/mol. The largest absolute Gasteiger partial charge is 0.442 e. The molecule has 2 N–H and O–H groups in total. The van der Waals surface area contributed by atoms with Gasteiger partial charge in [0, 0.05) is 18.5 Å². The van der Waals surface area contributed by atoms with Crippen molar-refractivity contribution in [3.63, 3.8) is 0 Å². The van der Waals surface area contributed by atoms with E-state index in [0.29, 0.717) is 5.13 Å². The highest BCUT2D eigenvalue weighted by atomic mass is 32.1. The summed E-state index contributed by atoms with van der Waals surface area (Å²) >= 11 is 1.22. The Bertz CT molecular complexity index is 843. The Balaban J connectivity index is 1.70. The second-order valence-electron chi connectivity index (χ2n) is 5.51. The van der Waals surface area contributed by atoms with Gasteiger partial charge >= 0.3 is 6.09 Å². The molecular weight excluding hydrogens is 363 g/mol. The summed E-state index contributed by atoms with van der Waals surface area (Å²) in [5, 5.41) is 7.11. The van der Waals surface area contributed by atoms with Crippen LogP contribution in [-0.2, 0) is 9.53 Å². The van der Waals surface area contributed by atoms with Crippen LogP contribution in [0.5, 0.6) is 0 Å². The fourth-order valence-electron chi connectivity index (χ4n) is 2.40. The monoisotopic (exact) mass is 378 g/mol. The Morgan fingerprint density at radius 1 is 1.46 bits per heavy atom. The quantitative estimate of drug-likeness (QED) is 0.829. The highest BCUT2D eigenvalue weighted by Gasteiger charge is 2.33. The minimum atomic E-state index is -0.769. The molecule has 2 aromatic rings. The average Bonchev–Trinajstić information content (AvgIpc) is 3.22. The zero-order valence-corrected chi connectivity index (χ0v) is 14.5. The van der Waals surface area contributed by atoms with E-state index in [1.807, 2.05) is 0 Å². The van der Waals surface area contributed by atoms with Crippen LogP contribution in [0.3, 0.4) is 0 Å². The third-order valence-corrected chi connectivity index (χ3v) is 4.30. The molecule has 3 rings (SSSR count). The first-order valence-corrected chi connectivity index (χ1v) is 8.55. The van der Waals surface area contributed by atoms with E-state index in [2.05, 4.69) is 15.6 Å². The number of benzene rings is 1. The number of amides is 3. The van der Waals surface area contributed by atoms with Gasteiger partial charge in [-0.25, -0.2) is 14.2 Å². The summed E-state index contributed by atoms with van der Waals surface area (Å²) in [6, 6.07) is 3.85. The molecule has 0 aliphatic carbocycles. The molecule has 1 saturated heterocycles. The molecule has 0 unspecified atom stereocenters. The molecule has 8 nitrogen and oxygen atoms in total. The summed E-state index contributed by atoms with van der Waals surface area (Å²) in [6.45, 7) is 1.71. The molecule has 10 heteroatoms. The van der Waals surface area contributed by atoms with Gasteiger partial charge in [-0.1, -0.05) is 0 Å². The highest BCUT2D eigenvalue weighted by molar-refractivity contribution is 7.13. The number of hydrogen-bond acceptors (Lipinski definition) is 6. The molecule has 2 heterocycles. The number of nitrogens with zero attached hydrogens (tertiary/aromatic N) is 2. The molecule has 1 aromatic heterocycles. The summed E-state index contributed by atoms with van der Waals surface area (Å²) in [6.07, 6.45) is 0.359. The molecular formula is C16H15FN4O4S. The first kappa shape index (κ1) is 17.8. The van der Waals surface area contributed by atoms with E-state index in [9.17, 15) is 18.8 Å². The first-order chi connectivity index (χ1) is 12.4. The number of aromatic nitrogens is 1. The Hall–Kier alpha value is -3.01. The van der Waals surface area contributed by atoms with Crippen molar-refractivity contribution < 1.29 is 23.5 Å². The zero-order chi connectivity index (χ0) is 18.7. The summed E-state index contributed by atoms with van der Waals surface area (Å²) in [5.74, 6) is -1.63. The van der Waals surface area contributed by atoms with Gasteiger partial charge < -0.3 is 10.1 Å². The Labute approximate surface area is 152 Å².